The van der Waals surface area contributed by atoms with Crippen molar-refractivity contribution in [1.82, 2.24) is 14.2 Å². The molecule has 4 rings (SSSR count). The van der Waals surface area contributed by atoms with Gasteiger partial charge in [-0.1, -0.05) is 41.1 Å². The molecule has 0 spiro atoms. The van der Waals surface area contributed by atoms with Crippen LogP contribution in [0, 0.1) is 6.92 Å². The average Bonchev–Trinajstić information content (AvgIpc) is 3.05. The first-order valence-corrected chi connectivity index (χ1v) is 11.2. The molecule has 2 heterocycles. The summed E-state index contributed by atoms with van der Waals surface area (Å²) < 4.78 is 3.93. The molecule has 32 heavy (non-hydrogen) atoms. The zero-order valence-corrected chi connectivity index (χ0v) is 19.6. The fraction of sp³-hybridized carbons (Fsp3) is 0.250. The van der Waals surface area contributed by atoms with Crippen molar-refractivity contribution in [2.75, 3.05) is 0 Å². The minimum atomic E-state index is -0.914. The van der Waals surface area contributed by atoms with E-state index >= 15 is 0 Å². The molecule has 1 N–H and O–H groups in total. The Bertz CT molecular complexity index is 1430. The summed E-state index contributed by atoms with van der Waals surface area (Å²) >= 11 is 3.42. The largest absolute Gasteiger partial charge is 0.480 e. The highest BCUT2D eigenvalue weighted by Gasteiger charge is 2.21. The van der Waals surface area contributed by atoms with Crippen LogP contribution in [0.2, 0.25) is 0 Å². The number of rotatable bonds is 6. The number of aromatic nitrogens is 3. The van der Waals surface area contributed by atoms with Crippen LogP contribution in [0.4, 0.5) is 0 Å². The van der Waals surface area contributed by atoms with E-state index in [1.807, 2.05) is 50.2 Å². The van der Waals surface area contributed by atoms with E-state index in [1.165, 1.54) is 4.68 Å². The van der Waals surface area contributed by atoms with Crippen molar-refractivity contribution in [3.63, 3.8) is 0 Å². The summed E-state index contributed by atoms with van der Waals surface area (Å²) in [7, 11) is 0. The Morgan fingerprint density at radius 3 is 2.72 bits per heavy atom. The molecule has 4 aromatic rings. The first-order valence-electron chi connectivity index (χ1n) is 10.4. The number of carbonyl (C=O) groups is 1. The van der Waals surface area contributed by atoms with Crippen LogP contribution in [0.1, 0.15) is 43.4 Å². The molecule has 0 radical (unpaired) electrons. The third kappa shape index (κ3) is 3.75. The second-order valence-electron chi connectivity index (χ2n) is 7.70. The Balaban J connectivity index is 1.93. The summed E-state index contributed by atoms with van der Waals surface area (Å²) in [6, 6.07) is 12.3. The lowest BCUT2D eigenvalue weighted by Crippen LogP contribution is -2.22. The lowest BCUT2D eigenvalue weighted by molar-refractivity contribution is -0.140. The minimum Gasteiger partial charge on any atom is -0.480 e. The van der Waals surface area contributed by atoms with E-state index < -0.39 is 12.0 Å². The molecule has 8 heteroatoms. The van der Waals surface area contributed by atoms with Gasteiger partial charge >= 0.3 is 5.97 Å². The van der Waals surface area contributed by atoms with Gasteiger partial charge in [0.25, 0.3) is 5.56 Å². The summed E-state index contributed by atoms with van der Waals surface area (Å²) in [5.74, 6) is -0.327. The molecule has 2 aromatic heterocycles. The van der Waals surface area contributed by atoms with Gasteiger partial charge in [0.1, 0.15) is 11.9 Å². The predicted octanol–water partition coefficient (Wildman–Crippen LogP) is 4.90. The molecule has 0 saturated heterocycles. The first kappa shape index (κ1) is 22.0. The highest BCUT2D eigenvalue weighted by Crippen LogP contribution is 2.28. The van der Waals surface area contributed by atoms with Crippen molar-refractivity contribution in [3.8, 4) is 0 Å². The fourth-order valence-corrected chi connectivity index (χ4v) is 4.37. The maximum atomic E-state index is 13.3. The van der Waals surface area contributed by atoms with E-state index in [9.17, 15) is 14.7 Å². The molecule has 0 aliphatic rings. The molecule has 1 atom stereocenters. The molecule has 0 bridgehead atoms. The summed E-state index contributed by atoms with van der Waals surface area (Å²) in [5.41, 5.74) is 2.75. The number of carboxylic acid groups (broad SMARTS) is 1. The van der Waals surface area contributed by atoms with Crippen LogP contribution in [-0.2, 0) is 11.2 Å². The van der Waals surface area contributed by atoms with Crippen molar-refractivity contribution in [2.24, 2.45) is 5.10 Å². The number of benzene rings is 2. The Labute approximate surface area is 193 Å². The first-order chi connectivity index (χ1) is 15.3. The lowest BCUT2D eigenvalue weighted by atomic mass is 10.1. The zero-order chi connectivity index (χ0) is 23.0. The molecule has 0 saturated carbocycles. The number of nitrogens with zero attached hydrogens (tertiary/aromatic N) is 4. The number of halogens is 1. The van der Waals surface area contributed by atoms with E-state index in [0.29, 0.717) is 23.1 Å². The number of hydrogen-bond donors (Lipinski definition) is 1. The van der Waals surface area contributed by atoms with Gasteiger partial charge in [0.05, 0.1) is 17.1 Å². The normalized spacial score (nSPS) is 12.8. The van der Waals surface area contributed by atoms with Gasteiger partial charge in [-0.25, -0.2) is 9.78 Å². The van der Waals surface area contributed by atoms with Crippen molar-refractivity contribution < 1.29 is 9.90 Å². The zero-order valence-electron chi connectivity index (χ0n) is 18.0. The van der Waals surface area contributed by atoms with Crippen LogP contribution in [0.5, 0.6) is 0 Å². The number of aliphatic carboxylic acids is 1. The third-order valence-corrected chi connectivity index (χ3v) is 6.09. The fourth-order valence-electron chi connectivity index (χ4n) is 4.00. The monoisotopic (exact) mass is 494 g/mol. The molecular weight excluding hydrogens is 472 g/mol. The summed E-state index contributed by atoms with van der Waals surface area (Å²) in [6.45, 7) is 5.54. The van der Waals surface area contributed by atoms with Crippen LogP contribution in [0.25, 0.3) is 21.8 Å². The van der Waals surface area contributed by atoms with Crippen LogP contribution in [0.15, 0.2) is 56.8 Å². The van der Waals surface area contributed by atoms with Crippen LogP contribution < -0.4 is 5.56 Å². The lowest BCUT2D eigenvalue weighted by Gasteiger charge is -2.13. The van der Waals surface area contributed by atoms with Crippen molar-refractivity contribution in [3.05, 3.63) is 74.4 Å². The topological polar surface area (TPSA) is 89.5 Å². The summed E-state index contributed by atoms with van der Waals surface area (Å²) in [4.78, 5) is 29.6. The average molecular weight is 495 g/mol. The van der Waals surface area contributed by atoms with Gasteiger partial charge in [0.2, 0.25) is 0 Å². The van der Waals surface area contributed by atoms with Gasteiger partial charge in [-0.3, -0.25) is 4.79 Å². The second kappa shape index (κ2) is 8.70. The quantitative estimate of drug-likeness (QED) is 0.386. The molecule has 0 amide bonds. The maximum absolute atomic E-state index is 13.3. The van der Waals surface area contributed by atoms with Gasteiger partial charge in [0, 0.05) is 33.1 Å². The minimum absolute atomic E-state index is 0.240. The molecule has 2 aromatic carbocycles. The summed E-state index contributed by atoms with van der Waals surface area (Å²) in [5, 5.41) is 15.5. The highest BCUT2D eigenvalue weighted by molar-refractivity contribution is 9.10. The van der Waals surface area contributed by atoms with E-state index in [4.69, 9.17) is 0 Å². The predicted molar refractivity (Wildman–Crippen MR) is 130 cm³/mol. The van der Waals surface area contributed by atoms with Gasteiger partial charge < -0.3 is 9.67 Å². The number of para-hydroxylation sites is 1. The van der Waals surface area contributed by atoms with Gasteiger partial charge in [-0.05, 0) is 44.5 Å². The van der Waals surface area contributed by atoms with E-state index in [-0.39, 0.29) is 5.56 Å². The highest BCUT2D eigenvalue weighted by atomic mass is 79.9. The van der Waals surface area contributed by atoms with Crippen molar-refractivity contribution in [2.45, 2.75) is 39.7 Å². The SMILES string of the molecule is CCCc1nc2ccc(Br)cc2c(=O)n1N=Cc1c(C)n([C@H](C)C(=O)O)c2ccccc12. The van der Waals surface area contributed by atoms with Gasteiger partial charge in [0.15, 0.2) is 0 Å². The summed E-state index contributed by atoms with van der Waals surface area (Å²) in [6.07, 6.45) is 3.06. The van der Waals surface area contributed by atoms with Crippen LogP contribution in [0.3, 0.4) is 0 Å². The number of carboxylic acids is 1. The number of fused-ring (bicyclic) bond motifs is 2. The van der Waals surface area contributed by atoms with Crippen LogP contribution in [-0.4, -0.2) is 31.5 Å². The third-order valence-electron chi connectivity index (χ3n) is 5.60. The molecule has 7 nitrogen and oxygen atoms in total. The Hall–Kier alpha value is -3.26. The molecular formula is C24H23BrN4O3. The maximum Gasteiger partial charge on any atom is 0.326 e. The molecule has 0 aliphatic carbocycles. The molecule has 0 fully saturated rings. The molecule has 0 unspecified atom stereocenters. The van der Waals surface area contributed by atoms with E-state index in [1.54, 1.807) is 23.8 Å². The Morgan fingerprint density at radius 2 is 2.00 bits per heavy atom. The second-order valence-corrected chi connectivity index (χ2v) is 8.62. The molecule has 0 aliphatic heterocycles. The Morgan fingerprint density at radius 1 is 1.25 bits per heavy atom. The number of hydrogen-bond acceptors (Lipinski definition) is 4. The van der Waals surface area contributed by atoms with Gasteiger partial charge in [-0.15, -0.1) is 0 Å². The Kier molecular flexibility index (Phi) is 5.97. The number of aryl methyl sites for hydroxylation is 1. The smallest absolute Gasteiger partial charge is 0.326 e. The van der Waals surface area contributed by atoms with E-state index in [2.05, 4.69) is 26.0 Å². The van der Waals surface area contributed by atoms with Crippen molar-refractivity contribution >= 4 is 49.9 Å². The molecule has 164 valence electrons. The van der Waals surface area contributed by atoms with Gasteiger partial charge in [-0.2, -0.15) is 9.78 Å². The van der Waals surface area contributed by atoms with E-state index in [0.717, 1.165) is 33.1 Å². The standard InChI is InChI=1S/C24H23BrN4O3/c1-4-7-22-27-20-11-10-16(25)12-18(20)23(30)29(22)26-13-19-14(2)28(15(3)24(31)32)21-9-6-5-8-17(19)21/h5-6,8-13,15H,4,7H2,1-3H3,(H,31,32)/t15-/m1/s1. The van der Waals surface area contributed by atoms with Crippen molar-refractivity contribution in [1.29, 1.82) is 0 Å². The van der Waals surface area contributed by atoms with Crippen LogP contribution >= 0.6 is 15.9 Å².